The molecule has 0 amide bonds. The first-order chi connectivity index (χ1) is 7.39. The summed E-state index contributed by atoms with van der Waals surface area (Å²) in [6, 6.07) is 7.11. The largest absolute Gasteiger partial charge is 0.292 e. The SMILES string of the molecule is CN(C)C(C)(C#N)Cc1ccc(F)c(Br)c1. The molecule has 0 heterocycles. The molecule has 2 nitrogen and oxygen atoms in total. The molecule has 0 radical (unpaired) electrons. The molecule has 1 aromatic carbocycles. The number of rotatable bonds is 3. The molecule has 0 saturated heterocycles. The monoisotopic (exact) mass is 284 g/mol. The van der Waals surface area contributed by atoms with E-state index in [1.165, 1.54) is 6.07 Å². The van der Waals surface area contributed by atoms with Crippen molar-refractivity contribution in [2.75, 3.05) is 14.1 Å². The van der Waals surface area contributed by atoms with Crippen molar-refractivity contribution >= 4 is 15.9 Å². The van der Waals surface area contributed by atoms with Gasteiger partial charge in [0.25, 0.3) is 0 Å². The zero-order chi connectivity index (χ0) is 12.3. The first kappa shape index (κ1) is 13.1. The zero-order valence-electron chi connectivity index (χ0n) is 9.59. The summed E-state index contributed by atoms with van der Waals surface area (Å²) in [4.78, 5) is 1.87. The summed E-state index contributed by atoms with van der Waals surface area (Å²) in [5, 5.41) is 9.16. The third-order valence-electron chi connectivity index (χ3n) is 2.76. The molecule has 1 aromatic rings. The average Bonchev–Trinajstić information content (AvgIpc) is 2.23. The molecule has 16 heavy (non-hydrogen) atoms. The van der Waals surface area contributed by atoms with E-state index in [0.29, 0.717) is 10.9 Å². The maximum atomic E-state index is 13.0. The highest BCUT2D eigenvalue weighted by atomic mass is 79.9. The van der Waals surface area contributed by atoms with Gasteiger partial charge in [0.1, 0.15) is 11.4 Å². The number of benzene rings is 1. The first-order valence-electron chi connectivity index (χ1n) is 4.91. The van der Waals surface area contributed by atoms with Crippen molar-refractivity contribution in [1.29, 1.82) is 5.26 Å². The first-order valence-corrected chi connectivity index (χ1v) is 5.71. The molecule has 4 heteroatoms. The van der Waals surface area contributed by atoms with Crippen LogP contribution in [0.1, 0.15) is 12.5 Å². The summed E-state index contributed by atoms with van der Waals surface area (Å²) in [5.41, 5.74) is 0.364. The molecule has 0 saturated carbocycles. The van der Waals surface area contributed by atoms with Crippen LogP contribution in [0.4, 0.5) is 4.39 Å². The van der Waals surface area contributed by atoms with Gasteiger partial charge in [-0.3, -0.25) is 4.90 Å². The summed E-state index contributed by atoms with van der Waals surface area (Å²) >= 11 is 3.14. The second kappa shape index (κ2) is 4.94. The molecule has 0 aromatic heterocycles. The lowest BCUT2D eigenvalue weighted by molar-refractivity contribution is 0.236. The molecule has 0 bridgehead atoms. The van der Waals surface area contributed by atoms with Crippen LogP contribution in [0.15, 0.2) is 22.7 Å². The van der Waals surface area contributed by atoms with E-state index in [2.05, 4.69) is 22.0 Å². The Morgan fingerprint density at radius 1 is 1.50 bits per heavy atom. The summed E-state index contributed by atoms with van der Waals surface area (Å²) in [6.07, 6.45) is 0.565. The minimum atomic E-state index is -0.572. The summed E-state index contributed by atoms with van der Waals surface area (Å²) in [5.74, 6) is -0.285. The fourth-order valence-corrected chi connectivity index (χ4v) is 1.77. The molecule has 0 aliphatic rings. The lowest BCUT2D eigenvalue weighted by atomic mass is 9.93. The van der Waals surface area contributed by atoms with E-state index in [1.807, 2.05) is 25.9 Å². The van der Waals surface area contributed by atoms with Gasteiger partial charge in [0.2, 0.25) is 0 Å². The second-order valence-corrected chi connectivity index (χ2v) is 5.06. The van der Waals surface area contributed by atoms with Gasteiger partial charge in [-0.05, 0) is 54.6 Å². The van der Waals surface area contributed by atoms with Gasteiger partial charge in [-0.15, -0.1) is 0 Å². The van der Waals surface area contributed by atoms with Crippen molar-refractivity contribution in [3.8, 4) is 6.07 Å². The molecule has 0 aliphatic carbocycles. The van der Waals surface area contributed by atoms with Crippen LogP contribution in [0.5, 0.6) is 0 Å². The van der Waals surface area contributed by atoms with Crippen LogP contribution in [-0.4, -0.2) is 24.5 Å². The van der Waals surface area contributed by atoms with E-state index >= 15 is 0 Å². The van der Waals surface area contributed by atoms with Gasteiger partial charge < -0.3 is 0 Å². The third-order valence-corrected chi connectivity index (χ3v) is 3.37. The number of halogens is 2. The average molecular weight is 285 g/mol. The van der Waals surface area contributed by atoms with Crippen molar-refractivity contribution in [2.24, 2.45) is 0 Å². The fourth-order valence-electron chi connectivity index (χ4n) is 1.34. The van der Waals surface area contributed by atoms with E-state index in [0.717, 1.165) is 5.56 Å². The van der Waals surface area contributed by atoms with E-state index in [9.17, 15) is 4.39 Å². The zero-order valence-corrected chi connectivity index (χ0v) is 11.2. The summed E-state index contributed by atoms with van der Waals surface area (Å²) in [7, 11) is 3.73. The van der Waals surface area contributed by atoms with E-state index in [-0.39, 0.29) is 5.82 Å². The molecular weight excluding hydrogens is 271 g/mol. The normalized spacial score (nSPS) is 14.6. The van der Waals surface area contributed by atoms with Gasteiger partial charge in [-0.1, -0.05) is 6.07 Å². The maximum absolute atomic E-state index is 13.0. The van der Waals surface area contributed by atoms with Crippen molar-refractivity contribution in [3.05, 3.63) is 34.1 Å². The van der Waals surface area contributed by atoms with E-state index in [1.54, 1.807) is 12.1 Å². The number of likely N-dealkylation sites (N-methyl/N-ethyl adjacent to an activating group) is 1. The number of nitrogens with zero attached hydrogens (tertiary/aromatic N) is 2. The Bertz CT molecular complexity index is 426. The molecule has 86 valence electrons. The predicted molar refractivity (Wildman–Crippen MR) is 65.5 cm³/mol. The maximum Gasteiger partial charge on any atom is 0.137 e. The van der Waals surface area contributed by atoms with Crippen LogP contribution < -0.4 is 0 Å². The van der Waals surface area contributed by atoms with Gasteiger partial charge in [0.15, 0.2) is 0 Å². The van der Waals surface area contributed by atoms with Crippen molar-refractivity contribution in [3.63, 3.8) is 0 Å². The second-order valence-electron chi connectivity index (χ2n) is 4.21. The van der Waals surface area contributed by atoms with Crippen molar-refractivity contribution in [1.82, 2.24) is 4.90 Å². The number of hydrogen-bond acceptors (Lipinski definition) is 2. The molecule has 0 N–H and O–H groups in total. The highest BCUT2D eigenvalue weighted by Crippen LogP contribution is 2.22. The Kier molecular flexibility index (Phi) is 4.06. The molecule has 0 aliphatic heterocycles. The fraction of sp³-hybridized carbons (Fsp3) is 0.417. The van der Waals surface area contributed by atoms with Crippen LogP contribution in [0.25, 0.3) is 0 Å². The molecule has 1 atom stereocenters. The smallest absolute Gasteiger partial charge is 0.137 e. The molecular formula is C12H14BrFN2. The topological polar surface area (TPSA) is 27.0 Å². The van der Waals surface area contributed by atoms with E-state index < -0.39 is 5.54 Å². The number of hydrogen-bond donors (Lipinski definition) is 0. The lowest BCUT2D eigenvalue weighted by Gasteiger charge is -2.29. The molecule has 0 spiro atoms. The minimum Gasteiger partial charge on any atom is -0.292 e. The predicted octanol–water partition coefficient (Wildman–Crippen LogP) is 2.97. The summed E-state index contributed by atoms with van der Waals surface area (Å²) in [6.45, 7) is 1.87. The lowest BCUT2D eigenvalue weighted by Crippen LogP contribution is -2.41. The van der Waals surface area contributed by atoms with Crippen LogP contribution >= 0.6 is 15.9 Å². The van der Waals surface area contributed by atoms with Gasteiger partial charge >= 0.3 is 0 Å². The van der Waals surface area contributed by atoms with Crippen molar-refractivity contribution in [2.45, 2.75) is 18.9 Å². The van der Waals surface area contributed by atoms with Crippen LogP contribution in [-0.2, 0) is 6.42 Å². The molecule has 0 fully saturated rings. The highest BCUT2D eigenvalue weighted by molar-refractivity contribution is 9.10. The van der Waals surface area contributed by atoms with Gasteiger partial charge in [0.05, 0.1) is 10.5 Å². The Labute approximate surface area is 104 Å². The standard InChI is InChI=1S/C12H14BrFN2/c1-12(8-15,16(2)3)7-9-4-5-11(14)10(13)6-9/h4-6H,7H2,1-3H3. The Morgan fingerprint density at radius 2 is 2.12 bits per heavy atom. The van der Waals surface area contributed by atoms with Crippen LogP contribution in [0, 0.1) is 17.1 Å². The summed E-state index contributed by atoms with van der Waals surface area (Å²) < 4.78 is 13.5. The van der Waals surface area contributed by atoms with Crippen LogP contribution in [0.3, 0.4) is 0 Å². The molecule has 1 rings (SSSR count). The van der Waals surface area contributed by atoms with Crippen molar-refractivity contribution < 1.29 is 4.39 Å². The van der Waals surface area contributed by atoms with Gasteiger partial charge in [0, 0.05) is 6.42 Å². The van der Waals surface area contributed by atoms with Gasteiger partial charge in [-0.25, -0.2) is 4.39 Å². The minimum absolute atomic E-state index is 0.285. The highest BCUT2D eigenvalue weighted by Gasteiger charge is 2.26. The molecule has 1 unspecified atom stereocenters. The quantitative estimate of drug-likeness (QED) is 0.853. The number of nitriles is 1. The van der Waals surface area contributed by atoms with Gasteiger partial charge in [-0.2, -0.15) is 5.26 Å². The third kappa shape index (κ3) is 2.81. The Balaban J connectivity index is 2.96. The Morgan fingerprint density at radius 3 is 2.56 bits per heavy atom. The Hall–Kier alpha value is -0.920. The van der Waals surface area contributed by atoms with Crippen LogP contribution in [0.2, 0.25) is 0 Å². The van der Waals surface area contributed by atoms with E-state index in [4.69, 9.17) is 5.26 Å².